The minimum absolute atomic E-state index is 0.0396. The Labute approximate surface area is 106 Å². The number of carbonyl (C=O) groups excluding carboxylic acids is 1. The molecule has 0 aliphatic carbocycles. The van der Waals surface area contributed by atoms with Gasteiger partial charge in [-0.05, 0) is 30.7 Å². The highest BCUT2D eigenvalue weighted by Crippen LogP contribution is 2.05. The van der Waals surface area contributed by atoms with Crippen molar-refractivity contribution in [1.82, 2.24) is 10.3 Å². The lowest BCUT2D eigenvalue weighted by Crippen LogP contribution is -2.20. The molecule has 0 aliphatic heterocycles. The van der Waals surface area contributed by atoms with Gasteiger partial charge in [0, 0.05) is 24.2 Å². The number of hydrogen-bond acceptors (Lipinski definition) is 4. The third-order valence-corrected chi connectivity index (χ3v) is 3.05. The normalized spacial score (nSPS) is 10.1. The molecule has 3 nitrogen and oxygen atoms in total. The third kappa shape index (κ3) is 6.02. The molecule has 0 saturated carbocycles. The molecular weight excluding hydrogens is 240 g/mol. The lowest BCUT2D eigenvalue weighted by molar-refractivity contribution is 0.261. The summed E-state index contributed by atoms with van der Waals surface area (Å²) in [6.07, 6.45) is 3.51. The molecule has 0 radical (unpaired) electrons. The number of hydrogen-bond donors (Lipinski definition) is 2. The Balaban J connectivity index is 2.09. The predicted octanol–water partition coefficient (Wildman–Crippen LogP) is 2.39. The van der Waals surface area contributed by atoms with E-state index in [9.17, 15) is 4.79 Å². The summed E-state index contributed by atoms with van der Waals surface area (Å²) in [5, 5.41) is 2.86. The molecule has 1 amide bonds. The maximum atomic E-state index is 11.3. The van der Waals surface area contributed by atoms with E-state index in [1.54, 1.807) is 6.20 Å². The summed E-state index contributed by atoms with van der Waals surface area (Å²) in [5.74, 6) is 1.57. The van der Waals surface area contributed by atoms with Gasteiger partial charge in [0.1, 0.15) is 0 Å². The van der Waals surface area contributed by atoms with E-state index < -0.39 is 0 Å². The molecule has 5 heteroatoms. The lowest BCUT2D eigenvalue weighted by Gasteiger charge is -2.03. The number of pyridine rings is 1. The summed E-state index contributed by atoms with van der Waals surface area (Å²) in [7, 11) is 0. The molecule has 16 heavy (non-hydrogen) atoms. The molecule has 0 bridgehead atoms. The van der Waals surface area contributed by atoms with Crippen LogP contribution >= 0.6 is 24.4 Å². The van der Waals surface area contributed by atoms with Gasteiger partial charge in [-0.15, -0.1) is 0 Å². The third-order valence-electron chi connectivity index (χ3n) is 1.92. The van der Waals surface area contributed by atoms with Gasteiger partial charge in [-0.3, -0.25) is 9.78 Å². The van der Waals surface area contributed by atoms with Crippen LogP contribution in [0.25, 0.3) is 0 Å². The van der Waals surface area contributed by atoms with Gasteiger partial charge >= 0.3 is 0 Å². The van der Waals surface area contributed by atoms with Crippen LogP contribution in [0, 0.1) is 0 Å². The van der Waals surface area contributed by atoms with Crippen LogP contribution in [0.2, 0.25) is 0 Å². The molecule has 1 rings (SSSR count). The van der Waals surface area contributed by atoms with E-state index in [1.807, 2.05) is 18.2 Å². The zero-order chi connectivity index (χ0) is 11.6. The van der Waals surface area contributed by atoms with Crippen molar-refractivity contribution >= 4 is 29.6 Å². The van der Waals surface area contributed by atoms with E-state index in [-0.39, 0.29) is 5.24 Å². The molecule has 88 valence electrons. The number of thiol groups is 1. The number of carbonyl (C=O) groups is 1. The smallest absolute Gasteiger partial charge is 0.279 e. The first-order valence-corrected chi connectivity index (χ1v) is 6.86. The highest BCUT2D eigenvalue weighted by atomic mass is 32.2. The standard InChI is InChI=1S/C11H16N2OS2/c14-11(13-7-3-8-15)16-9-5-10-4-1-2-6-12-10/h1-2,4,6,15H,3,5,7-9H2,(H,13,14). The SMILES string of the molecule is O=C(NCCCS)SCCc1ccccn1. The Hall–Kier alpha value is -0.680. The molecule has 1 heterocycles. The fourth-order valence-electron chi connectivity index (χ4n) is 1.11. The minimum Gasteiger partial charge on any atom is -0.347 e. The van der Waals surface area contributed by atoms with Crippen molar-refractivity contribution in [3.8, 4) is 0 Å². The second-order valence-electron chi connectivity index (χ2n) is 3.21. The van der Waals surface area contributed by atoms with Crippen molar-refractivity contribution in [3.63, 3.8) is 0 Å². The summed E-state index contributed by atoms with van der Waals surface area (Å²) in [6.45, 7) is 0.707. The van der Waals surface area contributed by atoms with Gasteiger partial charge in [-0.1, -0.05) is 17.8 Å². The molecular formula is C11H16N2OS2. The topological polar surface area (TPSA) is 42.0 Å². The molecule has 0 saturated heterocycles. The van der Waals surface area contributed by atoms with Crippen molar-refractivity contribution in [2.45, 2.75) is 12.8 Å². The number of aromatic nitrogens is 1. The van der Waals surface area contributed by atoms with E-state index in [0.717, 1.165) is 30.0 Å². The van der Waals surface area contributed by atoms with Crippen molar-refractivity contribution in [1.29, 1.82) is 0 Å². The van der Waals surface area contributed by atoms with Crippen LogP contribution < -0.4 is 5.32 Å². The van der Waals surface area contributed by atoms with Gasteiger partial charge in [0.25, 0.3) is 5.24 Å². The van der Waals surface area contributed by atoms with Crippen LogP contribution in [0.15, 0.2) is 24.4 Å². The van der Waals surface area contributed by atoms with Crippen LogP contribution in [0.4, 0.5) is 4.79 Å². The lowest BCUT2D eigenvalue weighted by atomic mass is 10.3. The maximum Gasteiger partial charge on any atom is 0.279 e. The number of nitrogens with zero attached hydrogens (tertiary/aromatic N) is 1. The molecule has 1 aromatic heterocycles. The van der Waals surface area contributed by atoms with Crippen molar-refractivity contribution < 1.29 is 4.79 Å². The van der Waals surface area contributed by atoms with E-state index in [1.165, 1.54) is 11.8 Å². The Morgan fingerprint density at radius 3 is 3.06 bits per heavy atom. The average molecular weight is 256 g/mol. The van der Waals surface area contributed by atoms with Crippen molar-refractivity contribution in [2.75, 3.05) is 18.1 Å². The van der Waals surface area contributed by atoms with E-state index in [2.05, 4.69) is 22.9 Å². The maximum absolute atomic E-state index is 11.3. The number of aryl methyl sites for hydroxylation is 1. The first-order chi connectivity index (χ1) is 7.83. The number of rotatable bonds is 6. The van der Waals surface area contributed by atoms with Crippen molar-refractivity contribution in [2.24, 2.45) is 0 Å². The van der Waals surface area contributed by atoms with Crippen LogP contribution in [-0.2, 0) is 6.42 Å². The number of thioether (sulfide) groups is 1. The zero-order valence-electron chi connectivity index (χ0n) is 9.06. The molecule has 1 aromatic rings. The van der Waals surface area contributed by atoms with E-state index in [0.29, 0.717) is 6.54 Å². The van der Waals surface area contributed by atoms with Crippen LogP contribution in [0.5, 0.6) is 0 Å². The average Bonchev–Trinajstić information content (AvgIpc) is 2.31. The summed E-state index contributed by atoms with van der Waals surface area (Å²) >= 11 is 5.38. The van der Waals surface area contributed by atoms with Crippen molar-refractivity contribution in [3.05, 3.63) is 30.1 Å². The van der Waals surface area contributed by atoms with Gasteiger partial charge < -0.3 is 5.32 Å². The molecule has 0 aromatic carbocycles. The molecule has 0 aliphatic rings. The van der Waals surface area contributed by atoms with E-state index >= 15 is 0 Å². The fourth-order valence-corrected chi connectivity index (χ4v) is 1.97. The summed E-state index contributed by atoms with van der Waals surface area (Å²) < 4.78 is 0. The zero-order valence-corrected chi connectivity index (χ0v) is 10.8. The molecule has 1 N–H and O–H groups in total. The highest BCUT2D eigenvalue weighted by Gasteiger charge is 2.01. The van der Waals surface area contributed by atoms with Gasteiger partial charge in [-0.25, -0.2) is 0 Å². The van der Waals surface area contributed by atoms with Gasteiger partial charge in [-0.2, -0.15) is 12.6 Å². The van der Waals surface area contributed by atoms with Crippen LogP contribution in [0.1, 0.15) is 12.1 Å². The minimum atomic E-state index is 0.0396. The van der Waals surface area contributed by atoms with Crippen LogP contribution in [0.3, 0.4) is 0 Å². The first kappa shape index (κ1) is 13.4. The largest absolute Gasteiger partial charge is 0.347 e. The van der Waals surface area contributed by atoms with Gasteiger partial charge in [0.15, 0.2) is 0 Å². The quantitative estimate of drug-likeness (QED) is 0.606. The molecule has 0 spiro atoms. The van der Waals surface area contributed by atoms with Crippen LogP contribution in [-0.4, -0.2) is 28.3 Å². The molecule has 0 fully saturated rings. The monoisotopic (exact) mass is 256 g/mol. The summed E-state index contributed by atoms with van der Waals surface area (Å²) in [4.78, 5) is 15.5. The molecule has 0 unspecified atom stereocenters. The summed E-state index contributed by atoms with van der Waals surface area (Å²) in [6, 6.07) is 5.82. The Bertz CT molecular complexity index is 306. The Morgan fingerprint density at radius 1 is 1.50 bits per heavy atom. The molecule has 0 atom stereocenters. The van der Waals surface area contributed by atoms with Gasteiger partial charge in [0.2, 0.25) is 0 Å². The second-order valence-corrected chi connectivity index (χ2v) is 4.73. The number of amides is 1. The first-order valence-electron chi connectivity index (χ1n) is 5.24. The second kappa shape index (κ2) is 8.47. The highest BCUT2D eigenvalue weighted by molar-refractivity contribution is 8.13. The predicted molar refractivity (Wildman–Crippen MR) is 72.3 cm³/mol. The Morgan fingerprint density at radius 2 is 2.38 bits per heavy atom. The number of nitrogens with one attached hydrogen (secondary N) is 1. The fraction of sp³-hybridized carbons (Fsp3) is 0.455. The Kier molecular flexibility index (Phi) is 7.09. The van der Waals surface area contributed by atoms with Gasteiger partial charge in [0.05, 0.1) is 0 Å². The summed E-state index contributed by atoms with van der Waals surface area (Å²) in [5.41, 5.74) is 1.03. The van der Waals surface area contributed by atoms with E-state index in [4.69, 9.17) is 0 Å².